The number of rotatable bonds is 4. The van der Waals surface area contributed by atoms with Crippen molar-refractivity contribution >= 4 is 39.9 Å². The fourth-order valence-electron chi connectivity index (χ4n) is 2.50. The molecule has 0 radical (unpaired) electrons. The summed E-state index contributed by atoms with van der Waals surface area (Å²) in [5.74, 6) is 1.03. The third-order valence-electron chi connectivity index (χ3n) is 3.88. The molecule has 0 saturated heterocycles. The van der Waals surface area contributed by atoms with Crippen molar-refractivity contribution < 1.29 is 9.34 Å². The molecule has 0 N–H and O–H groups in total. The summed E-state index contributed by atoms with van der Waals surface area (Å²) >= 11 is 2.21. The zero-order valence-corrected chi connectivity index (χ0v) is 15.9. The van der Waals surface area contributed by atoms with E-state index in [4.69, 9.17) is 4.42 Å². The van der Waals surface area contributed by atoms with Gasteiger partial charge in [0.05, 0.1) is 16.6 Å². The molecule has 0 atom stereocenters. The minimum absolute atomic E-state index is 0.0487. The number of hydrogen-bond acceptors (Lipinski definition) is 4. The highest BCUT2D eigenvalue weighted by Crippen LogP contribution is 2.29. The van der Waals surface area contributed by atoms with Crippen molar-refractivity contribution in [3.05, 3.63) is 85.2 Å². The molecule has 26 heavy (non-hydrogen) atoms. The summed E-state index contributed by atoms with van der Waals surface area (Å²) in [4.78, 5) is 10.7. The predicted molar refractivity (Wildman–Crippen MR) is 108 cm³/mol. The Morgan fingerprint density at radius 1 is 1.19 bits per heavy atom. The lowest BCUT2D eigenvalue weighted by molar-refractivity contribution is -0.385. The summed E-state index contributed by atoms with van der Waals surface area (Å²) in [6, 6.07) is 18.2. The summed E-state index contributed by atoms with van der Waals surface area (Å²) in [5.41, 5.74) is 2.55. The topological polar surface area (TPSA) is 80.1 Å². The van der Waals surface area contributed by atoms with E-state index in [0.717, 1.165) is 9.13 Å². The number of benzene rings is 2. The molecule has 3 rings (SSSR count). The lowest BCUT2D eigenvalue weighted by atomic mass is 10.1. The minimum atomic E-state index is -0.410. The molecule has 0 spiro atoms. The number of nitrogens with zero attached hydrogens (tertiary/aromatic N) is 2. The largest absolute Gasteiger partial charge is 0.457 e. The Hall–Kier alpha value is -2.92. The average molecular weight is 456 g/mol. The summed E-state index contributed by atoms with van der Waals surface area (Å²) in [7, 11) is 0. The van der Waals surface area contributed by atoms with Gasteiger partial charge in [0.2, 0.25) is 0 Å². The van der Waals surface area contributed by atoms with E-state index >= 15 is 0 Å². The molecule has 1 aromatic heterocycles. The van der Waals surface area contributed by atoms with Crippen molar-refractivity contribution in [1.82, 2.24) is 0 Å². The molecule has 0 aliphatic carbocycles. The SMILES string of the molecule is Cc1ccc(-c2ccc(/C=C(/C#N)c3ccc(I)cc3)o2)cc1[N+](=O)[O-]. The van der Waals surface area contributed by atoms with Crippen molar-refractivity contribution in [3.8, 4) is 17.4 Å². The molecule has 0 bridgehead atoms. The molecular weight excluding hydrogens is 443 g/mol. The van der Waals surface area contributed by atoms with Gasteiger partial charge in [-0.15, -0.1) is 0 Å². The number of furan rings is 1. The number of nitro benzene ring substituents is 1. The van der Waals surface area contributed by atoms with E-state index in [0.29, 0.717) is 28.2 Å². The maximum Gasteiger partial charge on any atom is 0.273 e. The van der Waals surface area contributed by atoms with Crippen molar-refractivity contribution in [2.75, 3.05) is 0 Å². The van der Waals surface area contributed by atoms with Gasteiger partial charge in [-0.05, 0) is 65.4 Å². The molecule has 0 aliphatic heterocycles. The van der Waals surface area contributed by atoms with Crippen LogP contribution in [0.3, 0.4) is 0 Å². The molecular formula is C20H13IN2O3. The summed E-state index contributed by atoms with van der Waals surface area (Å²) < 4.78 is 6.86. The van der Waals surface area contributed by atoms with Crippen molar-refractivity contribution in [2.45, 2.75) is 6.92 Å². The zero-order chi connectivity index (χ0) is 18.7. The Morgan fingerprint density at radius 2 is 1.92 bits per heavy atom. The number of nitriles is 1. The van der Waals surface area contributed by atoms with E-state index in [1.54, 1.807) is 37.3 Å². The molecule has 128 valence electrons. The Bertz CT molecular complexity index is 1040. The third-order valence-corrected chi connectivity index (χ3v) is 4.60. The van der Waals surface area contributed by atoms with Gasteiger partial charge < -0.3 is 4.42 Å². The summed E-state index contributed by atoms with van der Waals surface area (Å²) in [5, 5.41) is 20.5. The average Bonchev–Trinajstić information content (AvgIpc) is 3.09. The van der Waals surface area contributed by atoms with Gasteiger partial charge in [-0.3, -0.25) is 10.1 Å². The number of allylic oxidation sites excluding steroid dienone is 1. The Morgan fingerprint density at radius 3 is 2.58 bits per heavy atom. The molecule has 0 saturated carbocycles. The first kappa shape index (κ1) is 17.9. The molecule has 0 aliphatic rings. The van der Waals surface area contributed by atoms with E-state index < -0.39 is 4.92 Å². The monoisotopic (exact) mass is 456 g/mol. The van der Waals surface area contributed by atoms with Crippen LogP contribution >= 0.6 is 22.6 Å². The standard InChI is InChI=1S/C20H13IN2O3/c1-13-2-3-15(11-19(13)23(24)25)20-9-8-18(26-20)10-16(12-22)14-4-6-17(21)7-5-14/h2-11H,1H3/b16-10-. The van der Waals surface area contributed by atoms with Crippen molar-refractivity contribution in [1.29, 1.82) is 5.26 Å². The Kier molecular flexibility index (Phi) is 5.19. The summed E-state index contributed by atoms with van der Waals surface area (Å²) in [6.07, 6.45) is 1.66. The molecule has 5 nitrogen and oxygen atoms in total. The second kappa shape index (κ2) is 7.54. The van der Waals surface area contributed by atoms with Crippen LogP contribution in [0.15, 0.2) is 59.0 Å². The fraction of sp³-hybridized carbons (Fsp3) is 0.0500. The number of halogens is 1. The van der Waals surface area contributed by atoms with Crippen LogP contribution in [0.2, 0.25) is 0 Å². The molecule has 0 amide bonds. The molecule has 0 fully saturated rings. The van der Waals surface area contributed by atoms with Crippen LogP contribution in [-0.4, -0.2) is 4.92 Å². The van der Waals surface area contributed by atoms with Gasteiger partial charge in [0.1, 0.15) is 11.5 Å². The first-order valence-electron chi connectivity index (χ1n) is 7.71. The lowest BCUT2D eigenvalue weighted by Crippen LogP contribution is -1.91. The first-order chi connectivity index (χ1) is 12.5. The minimum Gasteiger partial charge on any atom is -0.457 e. The Balaban J connectivity index is 1.95. The number of hydrogen-bond donors (Lipinski definition) is 0. The normalized spacial score (nSPS) is 11.2. The van der Waals surface area contributed by atoms with Gasteiger partial charge in [-0.2, -0.15) is 5.26 Å². The highest BCUT2D eigenvalue weighted by atomic mass is 127. The quantitative estimate of drug-likeness (QED) is 0.214. The third kappa shape index (κ3) is 3.83. The van der Waals surface area contributed by atoms with Gasteiger partial charge >= 0.3 is 0 Å². The van der Waals surface area contributed by atoms with Crippen LogP contribution in [-0.2, 0) is 0 Å². The fourth-order valence-corrected chi connectivity index (χ4v) is 2.86. The highest BCUT2D eigenvalue weighted by molar-refractivity contribution is 14.1. The maximum absolute atomic E-state index is 11.1. The zero-order valence-electron chi connectivity index (χ0n) is 13.8. The van der Waals surface area contributed by atoms with Crippen LogP contribution < -0.4 is 0 Å². The maximum atomic E-state index is 11.1. The van der Waals surface area contributed by atoms with Crippen molar-refractivity contribution in [3.63, 3.8) is 0 Å². The highest BCUT2D eigenvalue weighted by Gasteiger charge is 2.14. The molecule has 1 heterocycles. The Labute approximate surface area is 163 Å². The molecule has 0 unspecified atom stereocenters. The van der Waals surface area contributed by atoms with Crippen LogP contribution in [0.1, 0.15) is 16.9 Å². The molecule has 6 heteroatoms. The predicted octanol–water partition coefficient (Wildman–Crippen LogP) is 5.83. The van der Waals surface area contributed by atoms with Gasteiger partial charge in [-0.1, -0.05) is 24.3 Å². The van der Waals surface area contributed by atoms with Gasteiger partial charge in [0.25, 0.3) is 5.69 Å². The molecule has 3 aromatic rings. The first-order valence-corrected chi connectivity index (χ1v) is 8.79. The van der Waals surface area contributed by atoms with E-state index in [1.807, 2.05) is 24.3 Å². The second-order valence-corrected chi connectivity index (χ2v) is 6.88. The van der Waals surface area contributed by atoms with Gasteiger partial charge in [0, 0.05) is 20.8 Å². The van der Waals surface area contributed by atoms with Crippen LogP contribution in [0.5, 0.6) is 0 Å². The van der Waals surface area contributed by atoms with Gasteiger partial charge in [0.15, 0.2) is 0 Å². The van der Waals surface area contributed by atoms with Crippen LogP contribution in [0, 0.1) is 31.9 Å². The van der Waals surface area contributed by atoms with E-state index in [-0.39, 0.29) is 5.69 Å². The number of nitro groups is 1. The summed E-state index contributed by atoms with van der Waals surface area (Å²) in [6.45, 7) is 1.69. The second-order valence-electron chi connectivity index (χ2n) is 5.64. The number of aryl methyl sites for hydroxylation is 1. The van der Waals surface area contributed by atoms with E-state index in [2.05, 4.69) is 28.7 Å². The van der Waals surface area contributed by atoms with Crippen LogP contribution in [0.4, 0.5) is 5.69 Å². The van der Waals surface area contributed by atoms with E-state index in [9.17, 15) is 15.4 Å². The van der Waals surface area contributed by atoms with Crippen molar-refractivity contribution in [2.24, 2.45) is 0 Å². The van der Waals surface area contributed by atoms with Crippen LogP contribution in [0.25, 0.3) is 23.0 Å². The van der Waals surface area contributed by atoms with Gasteiger partial charge in [-0.25, -0.2) is 0 Å². The lowest BCUT2D eigenvalue weighted by Gasteiger charge is -2.01. The molecule has 2 aromatic carbocycles. The van der Waals surface area contributed by atoms with E-state index in [1.165, 1.54) is 6.07 Å². The smallest absolute Gasteiger partial charge is 0.273 e.